The number of halogens is 2. The third-order valence-corrected chi connectivity index (χ3v) is 2.60. The van der Waals surface area contributed by atoms with Crippen molar-refractivity contribution < 1.29 is 28.2 Å². The highest BCUT2D eigenvalue weighted by molar-refractivity contribution is 5.78. The van der Waals surface area contributed by atoms with Crippen molar-refractivity contribution in [1.82, 2.24) is 4.90 Å². The van der Waals surface area contributed by atoms with Gasteiger partial charge in [-0.1, -0.05) is 19.1 Å². The molecular formula is C13H15F2NO4. The first-order valence-electron chi connectivity index (χ1n) is 5.98. The molecule has 110 valence electrons. The van der Waals surface area contributed by atoms with E-state index < -0.39 is 18.6 Å². The molecule has 0 aliphatic carbocycles. The molecule has 0 aliphatic heterocycles. The SMILES string of the molecule is CCCN(C=O)C(C(=O)O)c1ccc(OC(F)F)cc1. The van der Waals surface area contributed by atoms with Crippen molar-refractivity contribution in [3.05, 3.63) is 29.8 Å². The van der Waals surface area contributed by atoms with E-state index in [0.29, 0.717) is 18.4 Å². The van der Waals surface area contributed by atoms with Gasteiger partial charge in [0.1, 0.15) is 5.75 Å². The molecule has 1 aromatic carbocycles. The Morgan fingerprint density at radius 1 is 1.40 bits per heavy atom. The van der Waals surface area contributed by atoms with E-state index in [-0.39, 0.29) is 12.3 Å². The van der Waals surface area contributed by atoms with Crippen molar-refractivity contribution >= 4 is 12.4 Å². The summed E-state index contributed by atoms with van der Waals surface area (Å²) in [5.41, 5.74) is 0.319. The fourth-order valence-corrected chi connectivity index (χ4v) is 1.81. The van der Waals surface area contributed by atoms with Crippen LogP contribution >= 0.6 is 0 Å². The fraction of sp³-hybridized carbons (Fsp3) is 0.385. The fourth-order valence-electron chi connectivity index (χ4n) is 1.81. The molecule has 20 heavy (non-hydrogen) atoms. The molecule has 1 rings (SSSR count). The second kappa shape index (κ2) is 7.42. The number of alkyl halides is 2. The highest BCUT2D eigenvalue weighted by Gasteiger charge is 2.26. The van der Waals surface area contributed by atoms with E-state index in [2.05, 4.69) is 4.74 Å². The number of benzene rings is 1. The van der Waals surface area contributed by atoms with Crippen LogP contribution in [0.5, 0.6) is 5.75 Å². The Morgan fingerprint density at radius 2 is 2.00 bits per heavy atom. The predicted octanol–water partition coefficient (Wildman–Crippen LogP) is 2.28. The summed E-state index contributed by atoms with van der Waals surface area (Å²) in [4.78, 5) is 23.4. The highest BCUT2D eigenvalue weighted by Crippen LogP contribution is 2.23. The minimum Gasteiger partial charge on any atom is -0.479 e. The summed E-state index contributed by atoms with van der Waals surface area (Å²) in [5, 5.41) is 9.22. The van der Waals surface area contributed by atoms with Gasteiger partial charge in [0.25, 0.3) is 0 Å². The van der Waals surface area contributed by atoms with Gasteiger partial charge in [0.15, 0.2) is 6.04 Å². The maximum Gasteiger partial charge on any atom is 0.387 e. The van der Waals surface area contributed by atoms with Crippen LogP contribution in [0.15, 0.2) is 24.3 Å². The number of hydrogen-bond donors (Lipinski definition) is 1. The van der Waals surface area contributed by atoms with Crippen LogP contribution in [0.3, 0.4) is 0 Å². The maximum absolute atomic E-state index is 12.0. The summed E-state index contributed by atoms with van der Waals surface area (Å²) in [6, 6.07) is 4.04. The van der Waals surface area contributed by atoms with Crippen molar-refractivity contribution in [3.63, 3.8) is 0 Å². The largest absolute Gasteiger partial charge is 0.479 e. The number of carboxylic acid groups (broad SMARTS) is 1. The van der Waals surface area contributed by atoms with E-state index in [4.69, 9.17) is 0 Å². The van der Waals surface area contributed by atoms with Crippen LogP contribution in [0.4, 0.5) is 8.78 Å². The summed E-state index contributed by atoms with van der Waals surface area (Å²) in [5.74, 6) is -1.26. The minimum absolute atomic E-state index is 0.0685. The number of rotatable bonds is 8. The zero-order valence-corrected chi connectivity index (χ0v) is 10.8. The van der Waals surface area contributed by atoms with Crippen molar-refractivity contribution in [3.8, 4) is 5.75 Å². The molecule has 1 atom stereocenters. The van der Waals surface area contributed by atoms with Crippen LogP contribution in [0.25, 0.3) is 0 Å². The molecule has 0 fully saturated rings. The molecule has 0 heterocycles. The minimum atomic E-state index is -2.94. The summed E-state index contributed by atoms with van der Waals surface area (Å²) >= 11 is 0. The first-order chi connectivity index (χ1) is 9.49. The van der Waals surface area contributed by atoms with Gasteiger partial charge in [0, 0.05) is 6.54 Å². The lowest BCUT2D eigenvalue weighted by atomic mass is 10.1. The first kappa shape index (κ1) is 15.9. The van der Waals surface area contributed by atoms with E-state index in [1.165, 1.54) is 24.3 Å². The lowest BCUT2D eigenvalue weighted by molar-refractivity contribution is -0.146. The standard InChI is InChI=1S/C13H15F2NO4/c1-2-7-16(8-17)11(12(18)19)9-3-5-10(6-4-9)20-13(14)15/h3-6,8,11,13H,2,7H2,1H3,(H,18,19). The topological polar surface area (TPSA) is 66.8 Å². The van der Waals surface area contributed by atoms with E-state index >= 15 is 0 Å². The maximum atomic E-state index is 12.0. The van der Waals surface area contributed by atoms with Gasteiger partial charge in [-0.15, -0.1) is 0 Å². The van der Waals surface area contributed by atoms with Gasteiger partial charge in [-0.25, -0.2) is 4.79 Å². The molecule has 0 saturated carbocycles. The summed E-state index contributed by atoms with van der Waals surface area (Å²) in [6.45, 7) is -0.840. The van der Waals surface area contributed by atoms with Crippen LogP contribution < -0.4 is 4.74 Å². The Bertz CT molecular complexity index is 450. The number of carboxylic acids is 1. The molecular weight excluding hydrogens is 272 g/mol. The number of aliphatic carboxylic acids is 1. The highest BCUT2D eigenvalue weighted by atomic mass is 19.3. The molecule has 0 aliphatic rings. The number of amides is 1. The Kier molecular flexibility index (Phi) is 5.89. The molecule has 1 N–H and O–H groups in total. The molecule has 0 saturated heterocycles. The Balaban J connectivity index is 2.97. The second-order valence-corrected chi connectivity index (χ2v) is 4.03. The number of ether oxygens (including phenoxy) is 1. The van der Waals surface area contributed by atoms with E-state index in [1.54, 1.807) is 0 Å². The quantitative estimate of drug-likeness (QED) is 0.745. The first-order valence-corrected chi connectivity index (χ1v) is 5.98. The molecule has 0 aromatic heterocycles. The van der Waals surface area contributed by atoms with Crippen molar-refractivity contribution in [2.45, 2.75) is 26.0 Å². The second-order valence-electron chi connectivity index (χ2n) is 4.03. The van der Waals surface area contributed by atoms with Gasteiger partial charge in [0.05, 0.1) is 0 Å². The monoisotopic (exact) mass is 287 g/mol. The Hall–Kier alpha value is -2.18. The summed E-state index contributed by atoms with van der Waals surface area (Å²) in [6.07, 6.45) is 1.07. The molecule has 1 aromatic rings. The van der Waals surface area contributed by atoms with Crippen LogP contribution in [-0.4, -0.2) is 35.5 Å². The molecule has 0 spiro atoms. The van der Waals surface area contributed by atoms with E-state index in [0.717, 1.165) is 4.90 Å². The average molecular weight is 287 g/mol. The molecule has 0 bridgehead atoms. The number of nitrogens with zero attached hydrogens (tertiary/aromatic N) is 1. The van der Waals surface area contributed by atoms with Crippen molar-refractivity contribution in [2.75, 3.05) is 6.54 Å². The number of carbonyl (C=O) groups excluding carboxylic acids is 1. The zero-order chi connectivity index (χ0) is 15.1. The van der Waals surface area contributed by atoms with Gasteiger partial charge in [-0.05, 0) is 24.1 Å². The average Bonchev–Trinajstić information content (AvgIpc) is 2.39. The Morgan fingerprint density at radius 3 is 2.40 bits per heavy atom. The van der Waals surface area contributed by atoms with Gasteiger partial charge >= 0.3 is 12.6 Å². The smallest absolute Gasteiger partial charge is 0.387 e. The van der Waals surface area contributed by atoms with Crippen LogP contribution in [-0.2, 0) is 9.59 Å². The normalized spacial score (nSPS) is 12.0. The molecule has 0 radical (unpaired) electrons. The van der Waals surface area contributed by atoms with Gasteiger partial charge in [0.2, 0.25) is 6.41 Å². The third kappa shape index (κ3) is 4.18. The number of hydrogen-bond acceptors (Lipinski definition) is 3. The molecule has 5 nitrogen and oxygen atoms in total. The predicted molar refractivity (Wildman–Crippen MR) is 66.5 cm³/mol. The molecule has 1 unspecified atom stereocenters. The van der Waals surface area contributed by atoms with Gasteiger partial charge < -0.3 is 14.7 Å². The zero-order valence-electron chi connectivity index (χ0n) is 10.8. The summed E-state index contributed by atoms with van der Waals surface area (Å²) < 4.78 is 28.2. The molecule has 7 heteroatoms. The summed E-state index contributed by atoms with van der Waals surface area (Å²) in [7, 11) is 0. The van der Waals surface area contributed by atoms with Crippen LogP contribution in [0.2, 0.25) is 0 Å². The number of carbonyl (C=O) groups is 2. The van der Waals surface area contributed by atoms with E-state index in [1.807, 2.05) is 6.92 Å². The Labute approximate surface area is 114 Å². The lowest BCUT2D eigenvalue weighted by Gasteiger charge is -2.24. The van der Waals surface area contributed by atoms with Crippen LogP contribution in [0, 0.1) is 0 Å². The van der Waals surface area contributed by atoms with Gasteiger partial charge in [-0.2, -0.15) is 8.78 Å². The lowest BCUT2D eigenvalue weighted by Crippen LogP contribution is -2.33. The third-order valence-electron chi connectivity index (χ3n) is 2.60. The van der Waals surface area contributed by atoms with Gasteiger partial charge in [-0.3, -0.25) is 4.79 Å². The van der Waals surface area contributed by atoms with Crippen molar-refractivity contribution in [1.29, 1.82) is 0 Å². The van der Waals surface area contributed by atoms with E-state index in [9.17, 15) is 23.5 Å². The van der Waals surface area contributed by atoms with Crippen LogP contribution in [0.1, 0.15) is 24.9 Å². The molecule has 1 amide bonds. The van der Waals surface area contributed by atoms with Crippen molar-refractivity contribution in [2.24, 2.45) is 0 Å².